The molecule has 9 heteroatoms. The number of carbonyl (C=O) groups is 1. The third-order valence-electron chi connectivity index (χ3n) is 4.67. The largest absolute Gasteiger partial charge is 0.319 e. The van der Waals surface area contributed by atoms with E-state index in [1.165, 1.54) is 47.7 Å². The number of aromatic nitrogens is 1. The van der Waals surface area contributed by atoms with Crippen LogP contribution in [0.1, 0.15) is 15.9 Å². The van der Waals surface area contributed by atoms with Crippen LogP contribution in [0.3, 0.4) is 0 Å². The first-order chi connectivity index (χ1) is 14.7. The van der Waals surface area contributed by atoms with Crippen molar-refractivity contribution in [3.8, 4) is 0 Å². The molecule has 158 valence electrons. The van der Waals surface area contributed by atoms with Gasteiger partial charge in [0.1, 0.15) is 0 Å². The number of thiazole rings is 1. The second-order valence-electron chi connectivity index (χ2n) is 6.97. The Labute approximate surface area is 188 Å². The molecule has 3 aromatic carbocycles. The topological polar surface area (TPSA) is 80.5 Å². The number of sulfonamides is 1. The minimum Gasteiger partial charge on any atom is -0.319 e. The summed E-state index contributed by atoms with van der Waals surface area (Å²) in [4.78, 5) is 17.6. The molecular weight excluding hydrogens is 454 g/mol. The van der Waals surface area contributed by atoms with E-state index >= 15 is 0 Å². The molecular formula is C22H18ClN3O3S2. The maximum atomic E-state index is 12.6. The fourth-order valence-electron chi connectivity index (χ4n) is 3.01. The Morgan fingerprint density at radius 2 is 1.71 bits per heavy atom. The van der Waals surface area contributed by atoms with Crippen molar-refractivity contribution in [3.63, 3.8) is 0 Å². The number of carbonyl (C=O) groups excluding carboxylic acids is 1. The fraction of sp³-hybridized carbons (Fsp3) is 0.0909. The van der Waals surface area contributed by atoms with E-state index in [0.29, 0.717) is 21.1 Å². The Bertz CT molecular complexity index is 1450. The molecule has 4 aromatic rings. The Morgan fingerprint density at radius 1 is 1.03 bits per heavy atom. The molecule has 0 aliphatic rings. The van der Waals surface area contributed by atoms with E-state index < -0.39 is 15.9 Å². The number of benzene rings is 3. The predicted molar refractivity (Wildman–Crippen MR) is 124 cm³/mol. The van der Waals surface area contributed by atoms with Gasteiger partial charge in [-0.15, -0.1) is 0 Å². The molecule has 0 atom stereocenters. The monoisotopic (exact) mass is 471 g/mol. The summed E-state index contributed by atoms with van der Waals surface area (Å²) in [5, 5.41) is 0.452. The molecule has 1 aromatic heterocycles. The first-order valence-corrected chi connectivity index (χ1v) is 11.9. The molecule has 0 unspecified atom stereocenters. The summed E-state index contributed by atoms with van der Waals surface area (Å²) in [6, 6.07) is 18.1. The lowest BCUT2D eigenvalue weighted by molar-refractivity contribution is 0.0998. The van der Waals surface area contributed by atoms with Crippen molar-refractivity contribution in [1.29, 1.82) is 0 Å². The summed E-state index contributed by atoms with van der Waals surface area (Å²) in [6.45, 7) is 2.02. The van der Waals surface area contributed by atoms with Gasteiger partial charge in [-0.05, 0) is 73.2 Å². The maximum Gasteiger partial charge on any atom is 0.279 e. The van der Waals surface area contributed by atoms with E-state index in [-0.39, 0.29) is 4.90 Å². The highest BCUT2D eigenvalue weighted by atomic mass is 35.5. The molecule has 4 rings (SSSR count). The summed E-state index contributed by atoms with van der Waals surface area (Å²) in [6.07, 6.45) is 0. The van der Waals surface area contributed by atoms with Gasteiger partial charge in [0.25, 0.3) is 15.9 Å². The fourth-order valence-corrected chi connectivity index (χ4v) is 5.31. The lowest BCUT2D eigenvalue weighted by Gasteiger charge is -2.08. The molecule has 6 nitrogen and oxygen atoms in total. The number of anilines is 1. The van der Waals surface area contributed by atoms with E-state index in [4.69, 9.17) is 11.6 Å². The lowest BCUT2D eigenvalue weighted by atomic mass is 10.2. The summed E-state index contributed by atoms with van der Waals surface area (Å²) in [5.74, 6) is -0.397. The molecule has 0 spiro atoms. The van der Waals surface area contributed by atoms with Gasteiger partial charge >= 0.3 is 0 Å². The van der Waals surface area contributed by atoms with Crippen molar-refractivity contribution in [2.75, 3.05) is 4.72 Å². The lowest BCUT2D eigenvalue weighted by Crippen LogP contribution is -2.14. The van der Waals surface area contributed by atoms with Crippen molar-refractivity contribution in [1.82, 2.24) is 4.57 Å². The molecule has 0 bridgehead atoms. The third-order valence-corrected chi connectivity index (χ3v) is 7.41. The number of fused-ring (bicyclic) bond motifs is 1. The minimum absolute atomic E-state index is 0.0968. The van der Waals surface area contributed by atoms with Crippen LogP contribution in [0.5, 0.6) is 0 Å². The predicted octanol–water partition coefficient (Wildman–Crippen LogP) is 4.74. The first-order valence-electron chi connectivity index (χ1n) is 9.27. The number of nitrogens with zero attached hydrogens (tertiary/aromatic N) is 2. The summed E-state index contributed by atoms with van der Waals surface area (Å²) >= 11 is 7.25. The van der Waals surface area contributed by atoms with Crippen molar-refractivity contribution in [2.45, 2.75) is 11.8 Å². The third kappa shape index (κ3) is 4.56. The highest BCUT2D eigenvalue weighted by Crippen LogP contribution is 2.20. The van der Waals surface area contributed by atoms with Gasteiger partial charge < -0.3 is 4.57 Å². The summed E-state index contributed by atoms with van der Waals surface area (Å²) in [5.41, 5.74) is 2.86. The quantitative estimate of drug-likeness (QED) is 0.466. The Morgan fingerprint density at radius 3 is 2.39 bits per heavy atom. The molecule has 1 N–H and O–H groups in total. The van der Waals surface area contributed by atoms with Crippen molar-refractivity contribution in [2.24, 2.45) is 12.0 Å². The van der Waals surface area contributed by atoms with Crippen LogP contribution in [-0.2, 0) is 17.1 Å². The molecule has 1 heterocycles. The van der Waals surface area contributed by atoms with Crippen LogP contribution in [0.25, 0.3) is 10.2 Å². The Balaban J connectivity index is 1.57. The number of hydrogen-bond acceptors (Lipinski definition) is 4. The molecule has 0 saturated heterocycles. The van der Waals surface area contributed by atoms with Crippen LogP contribution in [0.15, 0.2) is 76.6 Å². The number of rotatable bonds is 4. The number of nitrogens with one attached hydrogen (secondary N) is 1. The zero-order valence-corrected chi connectivity index (χ0v) is 19.1. The van der Waals surface area contributed by atoms with Crippen molar-refractivity contribution in [3.05, 3.63) is 87.7 Å². The molecule has 0 aliphatic carbocycles. The van der Waals surface area contributed by atoms with Crippen molar-refractivity contribution >= 4 is 54.8 Å². The average Bonchev–Trinajstić information content (AvgIpc) is 3.03. The first kappa shape index (κ1) is 21.3. The van der Waals surface area contributed by atoms with Crippen molar-refractivity contribution < 1.29 is 13.2 Å². The molecule has 1 amide bonds. The van der Waals surface area contributed by atoms with Gasteiger partial charge in [0.15, 0.2) is 4.80 Å². The van der Waals surface area contributed by atoms with Crippen LogP contribution in [-0.4, -0.2) is 18.9 Å². The van der Waals surface area contributed by atoms with Gasteiger partial charge in [0, 0.05) is 23.3 Å². The second kappa shape index (κ2) is 8.30. The summed E-state index contributed by atoms with van der Waals surface area (Å²) < 4.78 is 30.4. The zero-order valence-electron chi connectivity index (χ0n) is 16.7. The van der Waals surface area contributed by atoms with E-state index in [1.807, 2.05) is 30.7 Å². The minimum atomic E-state index is -3.75. The molecule has 0 saturated carbocycles. The molecule has 31 heavy (non-hydrogen) atoms. The van der Waals surface area contributed by atoms with E-state index in [9.17, 15) is 13.2 Å². The number of amides is 1. The molecule has 0 radical (unpaired) electrons. The SMILES string of the molecule is Cc1ccc2c(c1)sc(=NC(=O)c1ccc(NS(=O)(=O)c3ccc(Cl)cc3)cc1)n2C. The Kier molecular flexibility index (Phi) is 5.70. The van der Waals surface area contributed by atoms with Gasteiger partial charge in [0.05, 0.1) is 15.1 Å². The normalized spacial score (nSPS) is 12.3. The van der Waals surface area contributed by atoms with Gasteiger partial charge in [-0.1, -0.05) is 29.0 Å². The number of halogens is 1. The summed E-state index contributed by atoms with van der Waals surface area (Å²) in [7, 11) is -1.88. The van der Waals surface area contributed by atoms with E-state index in [1.54, 1.807) is 12.1 Å². The van der Waals surface area contributed by atoms with Gasteiger partial charge in [-0.25, -0.2) is 8.42 Å². The van der Waals surface area contributed by atoms with Crippen LogP contribution in [0, 0.1) is 6.92 Å². The van der Waals surface area contributed by atoms with Crippen LogP contribution in [0.2, 0.25) is 5.02 Å². The highest BCUT2D eigenvalue weighted by molar-refractivity contribution is 7.92. The number of hydrogen-bond donors (Lipinski definition) is 1. The van der Waals surface area contributed by atoms with Crippen LogP contribution >= 0.6 is 22.9 Å². The van der Waals surface area contributed by atoms with E-state index in [0.717, 1.165) is 15.8 Å². The smallest absolute Gasteiger partial charge is 0.279 e. The standard InChI is InChI=1S/C22H18ClN3O3S2/c1-14-3-12-19-20(13-14)30-22(26(19)2)24-21(27)15-4-8-17(9-5-15)25-31(28,29)18-10-6-16(23)7-11-18/h3-13,25H,1-2H3. The van der Waals surface area contributed by atoms with Crippen LogP contribution in [0.4, 0.5) is 5.69 Å². The molecule has 0 aliphatic heterocycles. The second-order valence-corrected chi connectivity index (χ2v) is 10.1. The van der Waals surface area contributed by atoms with Crippen LogP contribution < -0.4 is 9.52 Å². The zero-order chi connectivity index (χ0) is 22.2. The highest BCUT2D eigenvalue weighted by Gasteiger charge is 2.14. The van der Waals surface area contributed by atoms with E-state index in [2.05, 4.69) is 15.8 Å². The maximum absolute atomic E-state index is 12.6. The van der Waals surface area contributed by atoms with Gasteiger partial charge in [0.2, 0.25) is 0 Å². The average molecular weight is 472 g/mol. The van der Waals surface area contributed by atoms with Gasteiger partial charge in [-0.2, -0.15) is 4.99 Å². The number of aryl methyl sites for hydroxylation is 2. The molecule has 0 fully saturated rings. The van der Waals surface area contributed by atoms with Gasteiger partial charge in [-0.3, -0.25) is 9.52 Å². The Hall–Kier alpha value is -2.94.